The summed E-state index contributed by atoms with van der Waals surface area (Å²) >= 11 is 4.11. The van der Waals surface area contributed by atoms with Gasteiger partial charge in [-0.1, -0.05) is 12.8 Å². The van der Waals surface area contributed by atoms with Crippen LogP contribution in [0.15, 0.2) is 0 Å². The first-order chi connectivity index (χ1) is 4.75. The lowest BCUT2D eigenvalue weighted by molar-refractivity contribution is -0.144. The van der Waals surface area contributed by atoms with Crippen molar-refractivity contribution in [3.63, 3.8) is 0 Å². The third kappa shape index (κ3) is 1.44. The van der Waals surface area contributed by atoms with Crippen molar-refractivity contribution in [2.75, 3.05) is 13.7 Å². The van der Waals surface area contributed by atoms with Crippen molar-refractivity contribution < 1.29 is 9.53 Å². The van der Waals surface area contributed by atoms with E-state index in [-0.39, 0.29) is 12.0 Å². The summed E-state index contributed by atoms with van der Waals surface area (Å²) in [7, 11) is 1.41. The lowest BCUT2D eigenvalue weighted by Crippen LogP contribution is -2.30. The second-order valence-corrected chi connectivity index (χ2v) is 2.86. The number of nitrogens with zero attached hydrogens (tertiary/aromatic N) is 1. The minimum Gasteiger partial charge on any atom is -0.468 e. The predicted molar refractivity (Wildman–Crippen MR) is 40.7 cm³/mol. The molecule has 1 fully saturated rings. The summed E-state index contributed by atoms with van der Waals surface area (Å²) in [5.74, 6) is -0.174. The minimum absolute atomic E-state index is 0.117. The van der Waals surface area contributed by atoms with Gasteiger partial charge >= 0.3 is 5.97 Å². The Bertz CT molecular complexity index is 140. The summed E-state index contributed by atoms with van der Waals surface area (Å²) in [6.07, 6.45) is 1.90. The van der Waals surface area contributed by atoms with Gasteiger partial charge in [0.2, 0.25) is 0 Å². The SMILES string of the molecule is COC(=O)C1CCCN1S. The van der Waals surface area contributed by atoms with Crippen LogP contribution >= 0.6 is 12.8 Å². The third-order valence-electron chi connectivity index (χ3n) is 1.70. The second-order valence-electron chi connectivity index (χ2n) is 2.34. The molecule has 10 heavy (non-hydrogen) atoms. The molecule has 1 aliphatic rings. The van der Waals surface area contributed by atoms with Gasteiger partial charge < -0.3 is 4.74 Å². The summed E-state index contributed by atoms with van der Waals surface area (Å²) in [6, 6.07) is -0.117. The topological polar surface area (TPSA) is 29.5 Å². The highest BCUT2D eigenvalue weighted by molar-refractivity contribution is 7.77. The summed E-state index contributed by atoms with van der Waals surface area (Å²) < 4.78 is 6.30. The van der Waals surface area contributed by atoms with Gasteiger partial charge in [0, 0.05) is 6.54 Å². The van der Waals surface area contributed by atoms with Crippen LogP contribution in [0.25, 0.3) is 0 Å². The van der Waals surface area contributed by atoms with E-state index in [0.29, 0.717) is 0 Å². The van der Waals surface area contributed by atoms with Gasteiger partial charge in [-0.3, -0.25) is 4.79 Å². The normalized spacial score (nSPS) is 26.8. The lowest BCUT2D eigenvalue weighted by atomic mass is 10.2. The minimum atomic E-state index is -0.174. The van der Waals surface area contributed by atoms with E-state index < -0.39 is 0 Å². The monoisotopic (exact) mass is 161 g/mol. The highest BCUT2D eigenvalue weighted by Crippen LogP contribution is 2.19. The molecule has 0 radical (unpaired) electrons. The average Bonchev–Trinajstić information content (AvgIpc) is 2.34. The number of hydrogen-bond acceptors (Lipinski definition) is 4. The van der Waals surface area contributed by atoms with Gasteiger partial charge in [-0.15, -0.1) is 0 Å². The Morgan fingerprint density at radius 2 is 2.50 bits per heavy atom. The first-order valence-corrected chi connectivity index (χ1v) is 3.69. The van der Waals surface area contributed by atoms with Crippen molar-refractivity contribution in [1.29, 1.82) is 0 Å². The molecule has 1 aliphatic heterocycles. The van der Waals surface area contributed by atoms with Crippen molar-refractivity contribution in [1.82, 2.24) is 4.31 Å². The average molecular weight is 161 g/mol. The molecule has 0 saturated carbocycles. The molecular weight excluding hydrogens is 150 g/mol. The van der Waals surface area contributed by atoms with Gasteiger partial charge in [-0.05, 0) is 12.8 Å². The molecule has 0 amide bonds. The first-order valence-electron chi connectivity index (χ1n) is 3.29. The maximum absolute atomic E-state index is 10.9. The zero-order valence-electron chi connectivity index (χ0n) is 5.91. The van der Waals surface area contributed by atoms with Crippen LogP contribution in [-0.4, -0.2) is 30.0 Å². The van der Waals surface area contributed by atoms with Crippen LogP contribution < -0.4 is 0 Å². The molecule has 1 heterocycles. The zero-order chi connectivity index (χ0) is 7.56. The summed E-state index contributed by atoms with van der Waals surface area (Å²) in [5, 5.41) is 0. The van der Waals surface area contributed by atoms with Crippen LogP contribution in [0.5, 0.6) is 0 Å². The van der Waals surface area contributed by atoms with E-state index >= 15 is 0 Å². The molecule has 0 spiro atoms. The van der Waals surface area contributed by atoms with Gasteiger partial charge in [-0.25, -0.2) is 4.31 Å². The lowest BCUT2D eigenvalue weighted by Gasteiger charge is -2.14. The largest absolute Gasteiger partial charge is 0.468 e. The van der Waals surface area contributed by atoms with E-state index in [4.69, 9.17) is 0 Å². The molecule has 1 atom stereocenters. The number of methoxy groups -OCH3 is 1. The number of carbonyl (C=O) groups excluding carboxylic acids is 1. The van der Waals surface area contributed by atoms with E-state index in [1.54, 1.807) is 4.31 Å². The maximum Gasteiger partial charge on any atom is 0.323 e. The van der Waals surface area contributed by atoms with Gasteiger partial charge in [0.1, 0.15) is 6.04 Å². The van der Waals surface area contributed by atoms with Crippen LogP contribution in [0.3, 0.4) is 0 Å². The molecular formula is C6H11NO2S. The fraction of sp³-hybridized carbons (Fsp3) is 0.833. The number of ether oxygens (including phenoxy) is 1. The van der Waals surface area contributed by atoms with E-state index in [1.165, 1.54) is 7.11 Å². The predicted octanol–water partition coefficient (Wildman–Crippen LogP) is 0.469. The van der Waals surface area contributed by atoms with Gasteiger partial charge in [0.25, 0.3) is 0 Å². The Morgan fingerprint density at radius 1 is 1.80 bits per heavy atom. The summed E-state index contributed by atoms with van der Waals surface area (Å²) in [4.78, 5) is 10.9. The van der Waals surface area contributed by atoms with Crippen molar-refractivity contribution in [3.8, 4) is 0 Å². The van der Waals surface area contributed by atoms with Crippen LogP contribution in [0.4, 0.5) is 0 Å². The van der Waals surface area contributed by atoms with Gasteiger partial charge in [0.15, 0.2) is 0 Å². The van der Waals surface area contributed by atoms with Gasteiger partial charge in [0.05, 0.1) is 7.11 Å². The van der Waals surface area contributed by atoms with Crippen molar-refractivity contribution >= 4 is 18.8 Å². The van der Waals surface area contributed by atoms with Crippen molar-refractivity contribution in [2.24, 2.45) is 0 Å². The number of carbonyl (C=O) groups is 1. The number of hydrogen-bond donors (Lipinski definition) is 1. The van der Waals surface area contributed by atoms with Crippen LogP contribution in [0, 0.1) is 0 Å². The van der Waals surface area contributed by atoms with Crippen LogP contribution in [0.2, 0.25) is 0 Å². The molecule has 1 unspecified atom stereocenters. The second kappa shape index (κ2) is 3.25. The van der Waals surface area contributed by atoms with Crippen LogP contribution in [0.1, 0.15) is 12.8 Å². The molecule has 0 aromatic rings. The highest BCUT2D eigenvalue weighted by atomic mass is 32.1. The fourth-order valence-electron chi connectivity index (χ4n) is 1.13. The Balaban J connectivity index is 2.46. The fourth-order valence-corrected chi connectivity index (χ4v) is 1.48. The Kier molecular flexibility index (Phi) is 2.56. The zero-order valence-corrected chi connectivity index (χ0v) is 6.80. The quantitative estimate of drug-likeness (QED) is 0.448. The molecule has 0 aromatic carbocycles. The smallest absolute Gasteiger partial charge is 0.323 e. The van der Waals surface area contributed by atoms with Crippen LogP contribution in [-0.2, 0) is 9.53 Å². The van der Waals surface area contributed by atoms with E-state index in [9.17, 15) is 4.79 Å². The van der Waals surface area contributed by atoms with Gasteiger partial charge in [-0.2, -0.15) is 0 Å². The van der Waals surface area contributed by atoms with E-state index in [0.717, 1.165) is 19.4 Å². The van der Waals surface area contributed by atoms with Crippen molar-refractivity contribution in [2.45, 2.75) is 18.9 Å². The Hall–Kier alpha value is -0.220. The summed E-state index contributed by atoms with van der Waals surface area (Å²) in [5.41, 5.74) is 0. The third-order valence-corrected chi connectivity index (χ3v) is 2.18. The molecule has 0 aliphatic carbocycles. The van der Waals surface area contributed by atoms with Crippen molar-refractivity contribution in [3.05, 3.63) is 0 Å². The number of esters is 1. The molecule has 0 aromatic heterocycles. The molecule has 1 saturated heterocycles. The highest BCUT2D eigenvalue weighted by Gasteiger charge is 2.28. The van der Waals surface area contributed by atoms with E-state index in [1.807, 2.05) is 0 Å². The maximum atomic E-state index is 10.9. The first kappa shape index (κ1) is 7.88. The standard InChI is InChI=1S/C6H11NO2S/c1-9-6(8)5-3-2-4-7(5)10/h5,10H,2-4H2,1H3. The molecule has 58 valence electrons. The number of thiol groups is 1. The summed E-state index contributed by atoms with van der Waals surface area (Å²) in [6.45, 7) is 0.878. The molecule has 0 N–H and O–H groups in total. The number of rotatable bonds is 1. The molecule has 0 bridgehead atoms. The molecule has 3 nitrogen and oxygen atoms in total. The Morgan fingerprint density at radius 3 is 2.90 bits per heavy atom. The Labute approximate surface area is 65.9 Å². The molecule has 1 rings (SSSR count). The van der Waals surface area contributed by atoms with E-state index in [2.05, 4.69) is 17.6 Å². The molecule has 4 heteroatoms.